The molecule has 1 aliphatic rings. The van der Waals surface area contributed by atoms with Crippen LogP contribution in [0.4, 0.5) is 0 Å². The van der Waals surface area contributed by atoms with E-state index in [4.69, 9.17) is 0 Å². The molecule has 1 aliphatic carbocycles. The van der Waals surface area contributed by atoms with E-state index in [0.717, 1.165) is 17.1 Å². The summed E-state index contributed by atoms with van der Waals surface area (Å²) >= 11 is 5.45. The largest absolute Gasteiger partial charge is 0.310 e. The number of aryl methyl sites for hydroxylation is 2. The van der Waals surface area contributed by atoms with E-state index in [2.05, 4.69) is 71.5 Å². The number of hydrogen-bond acceptors (Lipinski definition) is 2. The van der Waals surface area contributed by atoms with Crippen LogP contribution in [0.25, 0.3) is 0 Å². The molecule has 2 aromatic rings. The summed E-state index contributed by atoms with van der Waals surface area (Å²) in [7, 11) is 0. The summed E-state index contributed by atoms with van der Waals surface area (Å²) in [5.41, 5.74) is 4.08. The van der Waals surface area contributed by atoms with Gasteiger partial charge in [-0.25, -0.2) is 0 Å². The Kier molecular flexibility index (Phi) is 4.72. The fourth-order valence-electron chi connectivity index (χ4n) is 2.23. The Morgan fingerprint density at radius 1 is 1.10 bits per heavy atom. The normalized spacial score (nSPS) is 14.4. The van der Waals surface area contributed by atoms with Crippen molar-refractivity contribution in [1.29, 1.82) is 0 Å². The average Bonchev–Trinajstić information content (AvgIpc) is 3.27. The van der Waals surface area contributed by atoms with Crippen molar-refractivity contribution in [2.24, 2.45) is 0 Å². The van der Waals surface area contributed by atoms with Crippen LogP contribution in [0, 0.1) is 13.8 Å². The molecule has 2 aromatic carbocycles. The van der Waals surface area contributed by atoms with Crippen LogP contribution in [0.5, 0.6) is 0 Å². The van der Waals surface area contributed by atoms with Gasteiger partial charge >= 0.3 is 0 Å². The van der Waals surface area contributed by atoms with Crippen molar-refractivity contribution >= 4 is 27.7 Å². The summed E-state index contributed by atoms with van der Waals surface area (Å²) in [6.07, 6.45) is 2.65. The van der Waals surface area contributed by atoms with Gasteiger partial charge in [0.05, 0.1) is 0 Å². The van der Waals surface area contributed by atoms with Crippen LogP contribution in [-0.2, 0) is 6.54 Å². The van der Waals surface area contributed by atoms with E-state index >= 15 is 0 Å². The lowest BCUT2D eigenvalue weighted by Crippen LogP contribution is -2.15. The highest BCUT2D eigenvalue weighted by Gasteiger charge is 2.20. The summed E-state index contributed by atoms with van der Waals surface area (Å²) in [5.74, 6) is 0. The molecule has 0 heterocycles. The van der Waals surface area contributed by atoms with Gasteiger partial charge in [0.2, 0.25) is 0 Å². The van der Waals surface area contributed by atoms with E-state index in [1.807, 2.05) is 11.8 Å². The number of rotatable bonds is 5. The van der Waals surface area contributed by atoms with Crippen molar-refractivity contribution in [3.8, 4) is 0 Å². The molecule has 0 saturated heterocycles. The molecular weight excluding hydrogens is 342 g/mol. The minimum atomic E-state index is 0.739. The van der Waals surface area contributed by atoms with E-state index in [1.165, 1.54) is 39.3 Å². The van der Waals surface area contributed by atoms with E-state index in [1.54, 1.807) is 0 Å². The summed E-state index contributed by atoms with van der Waals surface area (Å²) in [4.78, 5) is 2.66. The Morgan fingerprint density at radius 3 is 2.62 bits per heavy atom. The third-order valence-corrected chi connectivity index (χ3v) is 5.49. The second-order valence-electron chi connectivity index (χ2n) is 5.76. The van der Waals surface area contributed by atoms with Gasteiger partial charge in [0.15, 0.2) is 0 Å². The van der Waals surface area contributed by atoms with Crippen molar-refractivity contribution in [3.05, 3.63) is 57.6 Å². The lowest BCUT2D eigenvalue weighted by atomic mass is 10.1. The molecule has 0 aromatic heterocycles. The first-order valence-electron chi connectivity index (χ1n) is 7.39. The Morgan fingerprint density at radius 2 is 1.90 bits per heavy atom. The number of halogens is 1. The molecule has 110 valence electrons. The molecule has 0 aliphatic heterocycles. The van der Waals surface area contributed by atoms with E-state index < -0.39 is 0 Å². The van der Waals surface area contributed by atoms with Gasteiger partial charge in [-0.1, -0.05) is 33.8 Å². The maximum atomic E-state index is 3.61. The number of hydrogen-bond donors (Lipinski definition) is 1. The van der Waals surface area contributed by atoms with Crippen LogP contribution in [-0.4, -0.2) is 6.04 Å². The van der Waals surface area contributed by atoms with Gasteiger partial charge in [0, 0.05) is 26.9 Å². The standard InChI is InChI=1S/C18H20BrNS/c1-12-3-7-17(9-13(12)2)21-18-8-4-15(19)10-14(18)11-20-16-5-6-16/h3-4,7-10,16,20H,5-6,11H2,1-2H3. The maximum absolute atomic E-state index is 3.61. The first kappa shape index (κ1) is 15.1. The van der Waals surface area contributed by atoms with Crippen LogP contribution >= 0.6 is 27.7 Å². The Labute approximate surface area is 139 Å². The summed E-state index contributed by atoms with van der Waals surface area (Å²) < 4.78 is 1.15. The predicted molar refractivity (Wildman–Crippen MR) is 94.0 cm³/mol. The summed E-state index contributed by atoms with van der Waals surface area (Å²) in [6, 6.07) is 14.0. The molecule has 1 N–H and O–H groups in total. The summed E-state index contributed by atoms with van der Waals surface area (Å²) in [5, 5.41) is 3.61. The Hall–Kier alpha value is -0.770. The maximum Gasteiger partial charge on any atom is 0.0219 e. The molecule has 1 saturated carbocycles. The summed E-state index contributed by atoms with van der Waals surface area (Å²) in [6.45, 7) is 5.29. The zero-order valence-corrected chi connectivity index (χ0v) is 14.9. The highest BCUT2D eigenvalue weighted by molar-refractivity contribution is 9.10. The average molecular weight is 362 g/mol. The van der Waals surface area contributed by atoms with Gasteiger partial charge in [-0.05, 0) is 73.7 Å². The zero-order valence-electron chi connectivity index (χ0n) is 12.4. The number of benzene rings is 2. The zero-order chi connectivity index (χ0) is 14.8. The van der Waals surface area contributed by atoms with Gasteiger partial charge in [-0.2, -0.15) is 0 Å². The molecule has 0 amide bonds. The minimum Gasteiger partial charge on any atom is -0.310 e. The molecule has 1 fully saturated rings. The van der Waals surface area contributed by atoms with Gasteiger partial charge in [0.25, 0.3) is 0 Å². The van der Waals surface area contributed by atoms with Gasteiger partial charge in [0.1, 0.15) is 0 Å². The van der Waals surface area contributed by atoms with Crippen molar-refractivity contribution < 1.29 is 0 Å². The molecule has 0 unspecified atom stereocenters. The third-order valence-electron chi connectivity index (χ3n) is 3.89. The quantitative estimate of drug-likeness (QED) is 0.757. The highest BCUT2D eigenvalue weighted by Crippen LogP contribution is 2.33. The van der Waals surface area contributed by atoms with Crippen LogP contribution in [0.3, 0.4) is 0 Å². The molecule has 3 rings (SSSR count). The van der Waals surface area contributed by atoms with Crippen molar-refractivity contribution in [3.63, 3.8) is 0 Å². The molecule has 3 heteroatoms. The second-order valence-corrected chi connectivity index (χ2v) is 7.79. The molecule has 1 nitrogen and oxygen atoms in total. The van der Waals surface area contributed by atoms with Crippen molar-refractivity contribution in [2.75, 3.05) is 0 Å². The molecule has 0 atom stereocenters. The monoisotopic (exact) mass is 361 g/mol. The Balaban J connectivity index is 1.80. The number of nitrogens with one attached hydrogen (secondary N) is 1. The second kappa shape index (κ2) is 6.55. The molecule has 21 heavy (non-hydrogen) atoms. The third kappa shape index (κ3) is 4.12. The lowest BCUT2D eigenvalue weighted by Gasteiger charge is -2.12. The van der Waals surface area contributed by atoms with Crippen LogP contribution < -0.4 is 5.32 Å². The minimum absolute atomic E-state index is 0.739. The SMILES string of the molecule is Cc1ccc(Sc2ccc(Br)cc2CNC2CC2)cc1C. The van der Waals surface area contributed by atoms with Crippen molar-refractivity contribution in [2.45, 2.75) is 49.1 Å². The van der Waals surface area contributed by atoms with Crippen LogP contribution in [0.15, 0.2) is 50.7 Å². The fourth-order valence-corrected chi connectivity index (χ4v) is 3.66. The smallest absolute Gasteiger partial charge is 0.0219 e. The highest BCUT2D eigenvalue weighted by atomic mass is 79.9. The van der Waals surface area contributed by atoms with E-state index in [9.17, 15) is 0 Å². The predicted octanol–water partition coefficient (Wildman–Crippen LogP) is 5.47. The molecular formula is C18H20BrNS. The van der Waals surface area contributed by atoms with Crippen LogP contribution in [0.1, 0.15) is 29.5 Å². The van der Waals surface area contributed by atoms with Gasteiger partial charge in [-0.3, -0.25) is 0 Å². The Bertz CT molecular complexity index is 650. The van der Waals surface area contributed by atoms with Gasteiger partial charge in [-0.15, -0.1) is 0 Å². The lowest BCUT2D eigenvalue weighted by molar-refractivity contribution is 0.680. The topological polar surface area (TPSA) is 12.0 Å². The van der Waals surface area contributed by atoms with Gasteiger partial charge < -0.3 is 5.32 Å². The molecule has 0 spiro atoms. The van der Waals surface area contributed by atoms with Crippen molar-refractivity contribution in [1.82, 2.24) is 5.32 Å². The first-order valence-corrected chi connectivity index (χ1v) is 9.00. The van der Waals surface area contributed by atoms with Crippen LogP contribution in [0.2, 0.25) is 0 Å². The van der Waals surface area contributed by atoms with E-state index in [0.29, 0.717) is 0 Å². The fraction of sp³-hybridized carbons (Fsp3) is 0.333. The molecule has 0 radical (unpaired) electrons. The molecule has 0 bridgehead atoms. The van der Waals surface area contributed by atoms with E-state index in [-0.39, 0.29) is 0 Å². The first-order chi connectivity index (χ1) is 10.1.